The number of hydrogen-bond donors (Lipinski definition) is 1. The summed E-state index contributed by atoms with van der Waals surface area (Å²) in [5, 5.41) is 10.2. The van der Waals surface area contributed by atoms with Crippen LogP contribution in [0, 0.1) is 0 Å². The van der Waals surface area contributed by atoms with Gasteiger partial charge in [-0.2, -0.15) is 0 Å². The van der Waals surface area contributed by atoms with Crippen molar-refractivity contribution in [3.05, 3.63) is 48.0 Å². The molecule has 1 aromatic rings. The van der Waals surface area contributed by atoms with Crippen LogP contribution in [0.2, 0.25) is 0 Å². The molecule has 1 N–H and O–H groups in total. The summed E-state index contributed by atoms with van der Waals surface area (Å²) in [6.45, 7) is 6.33. The van der Waals surface area contributed by atoms with Crippen LogP contribution in [0.5, 0.6) is 0 Å². The smallest absolute Gasteiger partial charge is 0.0750 e. The number of aliphatic hydroxyl groups is 1. The number of rotatable bonds is 13. The molecular formula is C21H34O. The minimum absolute atomic E-state index is 0.343. The first-order valence-corrected chi connectivity index (χ1v) is 9.13. The fourth-order valence-corrected chi connectivity index (χ4v) is 2.80. The molecule has 0 radical (unpaired) electrons. The van der Waals surface area contributed by atoms with E-state index in [1.165, 1.54) is 56.9 Å². The van der Waals surface area contributed by atoms with Gasteiger partial charge in [0.05, 0.1) is 6.10 Å². The Labute approximate surface area is 137 Å². The highest BCUT2D eigenvalue weighted by Gasteiger charge is 2.08. The van der Waals surface area contributed by atoms with Crippen molar-refractivity contribution in [2.45, 2.75) is 83.7 Å². The maximum Gasteiger partial charge on any atom is 0.0750 e. The molecule has 0 heterocycles. The monoisotopic (exact) mass is 302 g/mol. The molecule has 1 atom stereocenters. The summed E-state index contributed by atoms with van der Waals surface area (Å²) in [5.74, 6) is 0. The molecule has 0 spiro atoms. The van der Waals surface area contributed by atoms with Crippen molar-refractivity contribution in [3.63, 3.8) is 0 Å². The topological polar surface area (TPSA) is 20.2 Å². The normalized spacial score (nSPS) is 12.3. The molecule has 0 aliphatic carbocycles. The predicted octanol–water partition coefficient (Wildman–Crippen LogP) is 6.07. The van der Waals surface area contributed by atoms with Crippen molar-refractivity contribution in [1.29, 1.82) is 0 Å². The molecule has 22 heavy (non-hydrogen) atoms. The van der Waals surface area contributed by atoms with Crippen LogP contribution in [0.3, 0.4) is 0 Å². The number of aliphatic hydroxyl groups excluding tert-OH is 1. The summed E-state index contributed by atoms with van der Waals surface area (Å²) < 4.78 is 0. The molecule has 0 saturated heterocycles. The van der Waals surface area contributed by atoms with E-state index in [4.69, 9.17) is 0 Å². The lowest BCUT2D eigenvalue weighted by Crippen LogP contribution is -2.10. The highest BCUT2D eigenvalue weighted by molar-refractivity contribution is 5.15. The van der Waals surface area contributed by atoms with Crippen molar-refractivity contribution in [2.24, 2.45) is 0 Å². The zero-order chi connectivity index (χ0) is 16.0. The Bertz CT molecular complexity index is 382. The van der Waals surface area contributed by atoms with Crippen molar-refractivity contribution in [2.75, 3.05) is 0 Å². The second kappa shape index (κ2) is 12.5. The molecule has 1 rings (SSSR count). The summed E-state index contributed by atoms with van der Waals surface area (Å²) >= 11 is 0. The van der Waals surface area contributed by atoms with Crippen LogP contribution in [0.25, 0.3) is 0 Å². The zero-order valence-corrected chi connectivity index (χ0v) is 14.4. The van der Waals surface area contributed by atoms with Gasteiger partial charge in [0.1, 0.15) is 0 Å². The maximum absolute atomic E-state index is 10.2. The van der Waals surface area contributed by atoms with E-state index in [2.05, 4.69) is 37.8 Å². The number of benzene rings is 1. The van der Waals surface area contributed by atoms with Crippen LogP contribution >= 0.6 is 0 Å². The van der Waals surface area contributed by atoms with Crippen LogP contribution in [-0.2, 0) is 6.42 Å². The van der Waals surface area contributed by atoms with Gasteiger partial charge < -0.3 is 5.11 Å². The van der Waals surface area contributed by atoms with Gasteiger partial charge in [-0.3, -0.25) is 0 Å². The third-order valence-electron chi connectivity index (χ3n) is 4.37. The minimum Gasteiger partial charge on any atom is -0.389 e. The van der Waals surface area contributed by atoms with E-state index < -0.39 is 0 Å². The van der Waals surface area contributed by atoms with E-state index in [-0.39, 0.29) is 6.10 Å². The predicted molar refractivity (Wildman–Crippen MR) is 97.1 cm³/mol. The number of hydrogen-bond acceptors (Lipinski definition) is 1. The molecule has 0 aromatic heterocycles. The highest BCUT2D eigenvalue weighted by atomic mass is 16.3. The Morgan fingerprint density at radius 1 is 0.955 bits per heavy atom. The molecule has 1 aromatic carbocycles. The van der Waals surface area contributed by atoms with E-state index in [1.54, 1.807) is 0 Å². The zero-order valence-electron chi connectivity index (χ0n) is 14.4. The molecule has 124 valence electrons. The molecule has 1 nitrogen and oxygen atoms in total. The standard InChI is InChI=1S/C21H34O/c1-3-4-5-6-7-8-9-11-14-19(2)21(22)18-17-20-15-12-10-13-16-20/h10,12-13,15-16,21-22H,2-9,11,14,17-18H2,1H3. The first-order valence-electron chi connectivity index (χ1n) is 9.13. The van der Waals surface area contributed by atoms with E-state index in [9.17, 15) is 5.11 Å². The average molecular weight is 303 g/mol. The van der Waals surface area contributed by atoms with Crippen LogP contribution in [0.4, 0.5) is 0 Å². The van der Waals surface area contributed by atoms with Gasteiger partial charge in [-0.05, 0) is 36.8 Å². The van der Waals surface area contributed by atoms with E-state index in [1.807, 2.05) is 6.07 Å². The lowest BCUT2D eigenvalue weighted by molar-refractivity contribution is 0.196. The van der Waals surface area contributed by atoms with Gasteiger partial charge in [-0.25, -0.2) is 0 Å². The molecule has 0 bridgehead atoms. The number of aryl methyl sites for hydroxylation is 1. The van der Waals surface area contributed by atoms with Gasteiger partial charge in [0.15, 0.2) is 0 Å². The second-order valence-corrected chi connectivity index (χ2v) is 6.42. The van der Waals surface area contributed by atoms with Gasteiger partial charge >= 0.3 is 0 Å². The Balaban J connectivity index is 2.02. The summed E-state index contributed by atoms with van der Waals surface area (Å²) in [6.07, 6.45) is 13.0. The van der Waals surface area contributed by atoms with Crippen LogP contribution in [-0.4, -0.2) is 11.2 Å². The summed E-state index contributed by atoms with van der Waals surface area (Å²) in [4.78, 5) is 0. The Morgan fingerprint density at radius 2 is 1.55 bits per heavy atom. The summed E-state index contributed by atoms with van der Waals surface area (Å²) in [6, 6.07) is 10.4. The maximum atomic E-state index is 10.2. The fraction of sp³-hybridized carbons (Fsp3) is 0.619. The molecule has 0 amide bonds. The molecule has 0 aliphatic heterocycles. The largest absolute Gasteiger partial charge is 0.389 e. The molecular weight excluding hydrogens is 268 g/mol. The Morgan fingerprint density at radius 3 is 2.18 bits per heavy atom. The van der Waals surface area contributed by atoms with E-state index in [0.717, 1.165) is 24.8 Å². The lowest BCUT2D eigenvalue weighted by atomic mass is 9.98. The molecule has 0 aliphatic rings. The van der Waals surface area contributed by atoms with Crippen molar-refractivity contribution in [3.8, 4) is 0 Å². The first kappa shape index (κ1) is 19.0. The fourth-order valence-electron chi connectivity index (χ4n) is 2.80. The third kappa shape index (κ3) is 9.04. The molecule has 1 unspecified atom stereocenters. The molecule has 1 heteroatoms. The van der Waals surface area contributed by atoms with Crippen molar-refractivity contribution in [1.82, 2.24) is 0 Å². The Hall–Kier alpha value is -1.08. The van der Waals surface area contributed by atoms with Crippen molar-refractivity contribution >= 4 is 0 Å². The van der Waals surface area contributed by atoms with Gasteiger partial charge in [-0.15, -0.1) is 0 Å². The van der Waals surface area contributed by atoms with E-state index >= 15 is 0 Å². The SMILES string of the molecule is C=C(CCCCCCCCCC)C(O)CCc1ccccc1. The summed E-state index contributed by atoms with van der Waals surface area (Å²) in [7, 11) is 0. The van der Waals surface area contributed by atoms with Crippen LogP contribution in [0.15, 0.2) is 42.5 Å². The lowest BCUT2D eigenvalue weighted by Gasteiger charge is -2.14. The van der Waals surface area contributed by atoms with Gasteiger partial charge in [-0.1, -0.05) is 88.8 Å². The van der Waals surface area contributed by atoms with E-state index in [0.29, 0.717) is 0 Å². The first-order chi connectivity index (χ1) is 10.7. The average Bonchev–Trinajstić information content (AvgIpc) is 2.55. The summed E-state index contributed by atoms with van der Waals surface area (Å²) in [5.41, 5.74) is 2.31. The Kier molecular flexibility index (Phi) is 10.7. The highest BCUT2D eigenvalue weighted by Crippen LogP contribution is 2.17. The van der Waals surface area contributed by atoms with Crippen LogP contribution in [0.1, 0.15) is 76.7 Å². The number of unbranched alkanes of at least 4 members (excludes halogenated alkanes) is 7. The minimum atomic E-state index is -0.343. The van der Waals surface area contributed by atoms with Gasteiger partial charge in [0.2, 0.25) is 0 Å². The third-order valence-corrected chi connectivity index (χ3v) is 4.37. The molecule has 0 saturated carbocycles. The quantitative estimate of drug-likeness (QED) is 0.346. The van der Waals surface area contributed by atoms with Gasteiger partial charge in [0.25, 0.3) is 0 Å². The van der Waals surface area contributed by atoms with Gasteiger partial charge in [0, 0.05) is 0 Å². The van der Waals surface area contributed by atoms with Crippen LogP contribution < -0.4 is 0 Å². The molecule has 0 fully saturated rings. The van der Waals surface area contributed by atoms with Crippen molar-refractivity contribution < 1.29 is 5.11 Å². The second-order valence-electron chi connectivity index (χ2n) is 6.42.